The fourth-order valence-electron chi connectivity index (χ4n) is 1.88. The quantitative estimate of drug-likeness (QED) is 0.842. The molecule has 0 unspecified atom stereocenters. The summed E-state index contributed by atoms with van der Waals surface area (Å²) in [4.78, 5) is 24.9. The number of carbonyl (C=O) groups is 2. The van der Waals surface area contributed by atoms with Crippen molar-refractivity contribution in [3.8, 4) is 0 Å². The van der Waals surface area contributed by atoms with Gasteiger partial charge in [-0.25, -0.2) is 4.79 Å². The Morgan fingerprint density at radius 2 is 1.81 bits per heavy atom. The number of aryl methyl sites for hydroxylation is 1. The Morgan fingerprint density at radius 1 is 1.19 bits per heavy atom. The van der Waals surface area contributed by atoms with E-state index in [0.717, 1.165) is 5.56 Å². The van der Waals surface area contributed by atoms with Crippen LogP contribution < -0.4 is 10.6 Å². The molecule has 0 bridgehead atoms. The van der Waals surface area contributed by atoms with E-state index < -0.39 is 0 Å². The number of hydrogen-bond acceptors (Lipinski definition) is 2. The Bertz CT molecular complexity index is 469. The zero-order valence-electron chi connectivity index (χ0n) is 13.3. The Balaban J connectivity index is 2.45. The summed E-state index contributed by atoms with van der Waals surface area (Å²) in [6, 6.07) is 7.99. The van der Waals surface area contributed by atoms with Crippen molar-refractivity contribution in [2.24, 2.45) is 0 Å². The molecule has 0 saturated heterocycles. The Kier molecular flexibility index (Phi) is 6.72. The van der Waals surface area contributed by atoms with Gasteiger partial charge in [0.15, 0.2) is 0 Å². The molecule has 0 radical (unpaired) electrons. The van der Waals surface area contributed by atoms with Gasteiger partial charge in [0.05, 0.1) is 0 Å². The molecule has 1 aromatic carbocycles. The molecule has 21 heavy (non-hydrogen) atoms. The smallest absolute Gasteiger partial charge is 0.315 e. The van der Waals surface area contributed by atoms with Crippen LogP contribution in [-0.4, -0.2) is 36.0 Å². The fraction of sp³-hybridized carbons (Fsp3) is 0.500. The average Bonchev–Trinajstić information content (AvgIpc) is 2.39. The standard InChI is InChI=1S/C16H25N3O2/c1-12(2)18-16(21)17-9-10-19(14(4)20)11-15-7-5-13(3)6-8-15/h5-8,12H,9-11H2,1-4H3,(H2,17,18,21). The van der Waals surface area contributed by atoms with Gasteiger partial charge in [-0.15, -0.1) is 0 Å². The summed E-state index contributed by atoms with van der Waals surface area (Å²) in [5.74, 6) is 0.00152. The average molecular weight is 291 g/mol. The van der Waals surface area contributed by atoms with Gasteiger partial charge in [-0.3, -0.25) is 4.79 Å². The van der Waals surface area contributed by atoms with Crippen LogP contribution in [0.2, 0.25) is 0 Å². The number of benzene rings is 1. The van der Waals surface area contributed by atoms with Gasteiger partial charge in [0.25, 0.3) is 0 Å². The van der Waals surface area contributed by atoms with Crippen LogP contribution in [0.15, 0.2) is 24.3 Å². The van der Waals surface area contributed by atoms with Gasteiger partial charge < -0.3 is 15.5 Å². The third-order valence-corrected chi connectivity index (χ3v) is 3.03. The summed E-state index contributed by atoms with van der Waals surface area (Å²) in [6.45, 7) is 8.87. The van der Waals surface area contributed by atoms with Crippen molar-refractivity contribution in [3.63, 3.8) is 0 Å². The van der Waals surface area contributed by atoms with E-state index in [1.807, 2.05) is 45.0 Å². The molecule has 2 N–H and O–H groups in total. The van der Waals surface area contributed by atoms with E-state index in [0.29, 0.717) is 19.6 Å². The second kappa shape index (κ2) is 8.29. The molecule has 116 valence electrons. The first-order valence-corrected chi connectivity index (χ1v) is 7.24. The highest BCUT2D eigenvalue weighted by Crippen LogP contribution is 2.07. The van der Waals surface area contributed by atoms with Gasteiger partial charge in [0, 0.05) is 32.6 Å². The number of carbonyl (C=O) groups excluding carboxylic acids is 2. The molecular weight excluding hydrogens is 266 g/mol. The number of amides is 3. The molecule has 5 nitrogen and oxygen atoms in total. The number of nitrogens with zero attached hydrogens (tertiary/aromatic N) is 1. The van der Waals surface area contributed by atoms with Crippen LogP contribution in [0.5, 0.6) is 0 Å². The van der Waals surface area contributed by atoms with Crippen LogP contribution in [-0.2, 0) is 11.3 Å². The maximum Gasteiger partial charge on any atom is 0.315 e. The molecular formula is C16H25N3O2. The van der Waals surface area contributed by atoms with Gasteiger partial charge in [0.2, 0.25) is 5.91 Å². The van der Waals surface area contributed by atoms with Crippen molar-refractivity contribution < 1.29 is 9.59 Å². The topological polar surface area (TPSA) is 61.4 Å². The molecule has 0 aromatic heterocycles. The van der Waals surface area contributed by atoms with Crippen LogP contribution in [0.1, 0.15) is 31.9 Å². The molecule has 0 saturated carbocycles. The van der Waals surface area contributed by atoms with E-state index in [9.17, 15) is 9.59 Å². The van der Waals surface area contributed by atoms with Crippen molar-refractivity contribution in [1.82, 2.24) is 15.5 Å². The second-order valence-corrected chi connectivity index (χ2v) is 5.48. The first kappa shape index (κ1) is 17.0. The van der Waals surface area contributed by atoms with Crippen LogP contribution >= 0.6 is 0 Å². The Hall–Kier alpha value is -2.04. The van der Waals surface area contributed by atoms with E-state index in [4.69, 9.17) is 0 Å². The van der Waals surface area contributed by atoms with E-state index in [1.165, 1.54) is 5.56 Å². The number of nitrogens with one attached hydrogen (secondary N) is 2. The molecule has 0 aliphatic heterocycles. The highest BCUT2D eigenvalue weighted by atomic mass is 16.2. The SMILES string of the molecule is CC(=O)N(CCNC(=O)NC(C)C)Cc1ccc(C)cc1. The van der Waals surface area contributed by atoms with Crippen LogP contribution in [0.3, 0.4) is 0 Å². The lowest BCUT2D eigenvalue weighted by molar-refractivity contribution is -0.129. The van der Waals surface area contributed by atoms with Gasteiger partial charge in [-0.1, -0.05) is 29.8 Å². The summed E-state index contributed by atoms with van der Waals surface area (Å²) in [5, 5.41) is 5.50. The zero-order chi connectivity index (χ0) is 15.8. The third kappa shape index (κ3) is 6.79. The number of hydrogen-bond donors (Lipinski definition) is 2. The largest absolute Gasteiger partial charge is 0.337 e. The predicted molar refractivity (Wildman–Crippen MR) is 83.9 cm³/mol. The molecule has 5 heteroatoms. The molecule has 1 rings (SSSR count). The first-order valence-electron chi connectivity index (χ1n) is 7.24. The molecule has 0 atom stereocenters. The molecule has 1 aromatic rings. The summed E-state index contributed by atoms with van der Waals surface area (Å²) < 4.78 is 0. The molecule has 0 aliphatic carbocycles. The fourth-order valence-corrected chi connectivity index (χ4v) is 1.88. The van der Waals surface area contributed by atoms with Crippen molar-refractivity contribution >= 4 is 11.9 Å². The summed E-state index contributed by atoms with van der Waals surface area (Å²) in [7, 11) is 0. The molecule has 0 aliphatic rings. The minimum Gasteiger partial charge on any atom is -0.337 e. The lowest BCUT2D eigenvalue weighted by Crippen LogP contribution is -2.43. The minimum atomic E-state index is -0.205. The van der Waals surface area contributed by atoms with Crippen molar-refractivity contribution in [2.75, 3.05) is 13.1 Å². The molecule has 0 fully saturated rings. The Labute approximate surface area is 126 Å². The van der Waals surface area contributed by atoms with Crippen molar-refractivity contribution in [2.45, 2.75) is 40.3 Å². The van der Waals surface area contributed by atoms with Crippen molar-refractivity contribution in [1.29, 1.82) is 0 Å². The zero-order valence-corrected chi connectivity index (χ0v) is 13.3. The van der Waals surface area contributed by atoms with E-state index in [-0.39, 0.29) is 18.0 Å². The second-order valence-electron chi connectivity index (χ2n) is 5.48. The molecule has 0 spiro atoms. The lowest BCUT2D eigenvalue weighted by atomic mass is 10.1. The van der Waals surface area contributed by atoms with Crippen LogP contribution in [0.25, 0.3) is 0 Å². The van der Waals surface area contributed by atoms with Crippen LogP contribution in [0.4, 0.5) is 4.79 Å². The number of urea groups is 1. The predicted octanol–water partition coefficient (Wildman–Crippen LogP) is 2.05. The molecule has 3 amide bonds. The third-order valence-electron chi connectivity index (χ3n) is 3.03. The summed E-state index contributed by atoms with van der Waals surface area (Å²) in [6.07, 6.45) is 0. The monoisotopic (exact) mass is 291 g/mol. The highest BCUT2D eigenvalue weighted by Gasteiger charge is 2.10. The van der Waals surface area contributed by atoms with Gasteiger partial charge in [-0.2, -0.15) is 0 Å². The van der Waals surface area contributed by atoms with Crippen LogP contribution in [0, 0.1) is 6.92 Å². The van der Waals surface area contributed by atoms with Gasteiger partial charge in [0.1, 0.15) is 0 Å². The normalized spacial score (nSPS) is 10.3. The maximum absolute atomic E-state index is 11.7. The Morgan fingerprint density at radius 3 is 2.33 bits per heavy atom. The van der Waals surface area contributed by atoms with Gasteiger partial charge in [-0.05, 0) is 26.3 Å². The van der Waals surface area contributed by atoms with E-state index >= 15 is 0 Å². The van der Waals surface area contributed by atoms with E-state index in [1.54, 1.807) is 11.8 Å². The van der Waals surface area contributed by atoms with E-state index in [2.05, 4.69) is 10.6 Å². The van der Waals surface area contributed by atoms with Gasteiger partial charge >= 0.3 is 6.03 Å². The minimum absolute atomic E-state index is 0.00152. The highest BCUT2D eigenvalue weighted by molar-refractivity contribution is 5.75. The lowest BCUT2D eigenvalue weighted by Gasteiger charge is -2.21. The maximum atomic E-state index is 11.7. The summed E-state index contributed by atoms with van der Waals surface area (Å²) >= 11 is 0. The number of rotatable bonds is 6. The van der Waals surface area contributed by atoms with Crippen molar-refractivity contribution in [3.05, 3.63) is 35.4 Å². The first-order chi connectivity index (χ1) is 9.88. The summed E-state index contributed by atoms with van der Waals surface area (Å²) in [5.41, 5.74) is 2.28. The molecule has 0 heterocycles.